The molecule has 132 valence electrons. The Morgan fingerprint density at radius 3 is 2.64 bits per heavy atom. The molecule has 0 saturated carbocycles. The summed E-state index contributed by atoms with van der Waals surface area (Å²) >= 11 is 0. The third-order valence-corrected chi connectivity index (χ3v) is 4.10. The molecule has 0 aromatic heterocycles. The number of nitrogens with zero attached hydrogens (tertiary/aromatic N) is 1. The Morgan fingerprint density at radius 2 is 1.88 bits per heavy atom. The molecule has 25 heavy (non-hydrogen) atoms. The number of halogens is 1. The van der Waals surface area contributed by atoms with Gasteiger partial charge in [0.1, 0.15) is 5.82 Å². The van der Waals surface area contributed by atoms with Crippen LogP contribution in [0.3, 0.4) is 0 Å². The van der Waals surface area contributed by atoms with E-state index in [0.717, 1.165) is 6.42 Å². The fraction of sp³-hybridized carbons (Fsp3) is 0.316. The van der Waals surface area contributed by atoms with Gasteiger partial charge in [0.2, 0.25) is 0 Å². The molecular weight excluding hydrogens is 321 g/mol. The fourth-order valence-electron chi connectivity index (χ4n) is 2.81. The van der Waals surface area contributed by atoms with Crippen LogP contribution in [0.5, 0.6) is 0 Å². The topological polar surface area (TPSA) is 53.6 Å². The molecule has 0 radical (unpaired) electrons. The summed E-state index contributed by atoms with van der Waals surface area (Å²) in [5, 5.41) is 5.66. The van der Waals surface area contributed by atoms with Gasteiger partial charge in [-0.05, 0) is 30.2 Å². The van der Waals surface area contributed by atoms with Gasteiger partial charge in [-0.1, -0.05) is 30.3 Å². The van der Waals surface area contributed by atoms with Crippen LogP contribution in [0.15, 0.2) is 48.5 Å². The molecule has 0 unspecified atom stereocenters. The summed E-state index contributed by atoms with van der Waals surface area (Å²) in [6.45, 7) is 3.07. The summed E-state index contributed by atoms with van der Waals surface area (Å²) in [6.07, 6.45) is 0.758. The maximum atomic E-state index is 13.6. The Bertz CT molecular complexity index is 703. The molecule has 1 aliphatic heterocycles. The second kappa shape index (κ2) is 8.48. The number of carbonyl (C=O) groups excluding carboxylic acids is 1. The maximum absolute atomic E-state index is 13.6. The zero-order valence-electron chi connectivity index (χ0n) is 14.0. The van der Waals surface area contributed by atoms with Crippen molar-refractivity contribution in [3.8, 4) is 0 Å². The highest BCUT2D eigenvalue weighted by Crippen LogP contribution is 2.27. The number of urea groups is 1. The van der Waals surface area contributed by atoms with Crippen LogP contribution in [0.1, 0.15) is 5.56 Å². The lowest BCUT2D eigenvalue weighted by Crippen LogP contribution is -2.37. The predicted octanol–water partition coefficient (Wildman–Crippen LogP) is 3.03. The zero-order chi connectivity index (χ0) is 17.5. The average Bonchev–Trinajstić information content (AvgIpc) is 2.65. The lowest BCUT2D eigenvalue weighted by Gasteiger charge is -2.30. The Labute approximate surface area is 146 Å². The highest BCUT2D eigenvalue weighted by Gasteiger charge is 2.17. The van der Waals surface area contributed by atoms with Crippen LogP contribution >= 0.6 is 0 Å². The Hall–Kier alpha value is -2.60. The van der Waals surface area contributed by atoms with Crippen molar-refractivity contribution in [3.05, 3.63) is 59.9 Å². The van der Waals surface area contributed by atoms with Gasteiger partial charge < -0.3 is 20.3 Å². The third kappa shape index (κ3) is 4.93. The van der Waals surface area contributed by atoms with E-state index in [1.165, 1.54) is 17.7 Å². The van der Waals surface area contributed by atoms with Crippen LogP contribution < -0.4 is 15.5 Å². The van der Waals surface area contributed by atoms with Gasteiger partial charge in [-0.2, -0.15) is 0 Å². The molecule has 3 rings (SSSR count). The number of ether oxygens (including phenoxy) is 1. The molecule has 1 aliphatic rings. The van der Waals surface area contributed by atoms with E-state index in [2.05, 4.69) is 10.6 Å². The Balaban J connectivity index is 1.58. The number of hydrogen-bond acceptors (Lipinski definition) is 3. The first-order chi connectivity index (χ1) is 12.2. The summed E-state index contributed by atoms with van der Waals surface area (Å²) in [4.78, 5) is 14.2. The highest BCUT2D eigenvalue weighted by atomic mass is 19.1. The van der Waals surface area contributed by atoms with E-state index in [1.807, 2.05) is 35.2 Å². The Kier molecular flexibility index (Phi) is 5.85. The van der Waals surface area contributed by atoms with Crippen LogP contribution in [0.25, 0.3) is 0 Å². The summed E-state index contributed by atoms with van der Waals surface area (Å²) < 4.78 is 19.0. The normalized spacial score (nSPS) is 14.2. The number of anilines is 2. The van der Waals surface area contributed by atoms with Crippen molar-refractivity contribution in [1.82, 2.24) is 5.32 Å². The van der Waals surface area contributed by atoms with Crippen molar-refractivity contribution in [2.45, 2.75) is 6.42 Å². The first kappa shape index (κ1) is 17.2. The molecule has 1 fully saturated rings. The van der Waals surface area contributed by atoms with Gasteiger partial charge in [0.05, 0.1) is 24.6 Å². The SMILES string of the molecule is O=C(NCCc1ccccc1)Nc1ccc(F)cc1N1CCOCC1. The predicted molar refractivity (Wildman–Crippen MR) is 96.6 cm³/mol. The molecule has 0 atom stereocenters. The van der Waals surface area contributed by atoms with Gasteiger partial charge in [-0.25, -0.2) is 9.18 Å². The van der Waals surface area contributed by atoms with E-state index in [9.17, 15) is 9.18 Å². The smallest absolute Gasteiger partial charge is 0.319 e. The van der Waals surface area contributed by atoms with Crippen molar-refractivity contribution in [2.24, 2.45) is 0 Å². The minimum absolute atomic E-state index is 0.294. The molecule has 5 nitrogen and oxygen atoms in total. The summed E-state index contributed by atoms with van der Waals surface area (Å²) in [5.41, 5.74) is 2.45. The van der Waals surface area contributed by atoms with Gasteiger partial charge in [0.25, 0.3) is 0 Å². The number of rotatable bonds is 5. The molecule has 0 bridgehead atoms. The van der Waals surface area contributed by atoms with Crippen molar-refractivity contribution >= 4 is 17.4 Å². The summed E-state index contributed by atoms with van der Waals surface area (Å²) in [7, 11) is 0. The van der Waals surface area contributed by atoms with E-state index in [-0.39, 0.29) is 11.8 Å². The molecular formula is C19H22FN3O2. The van der Waals surface area contributed by atoms with Crippen LogP contribution in [0, 0.1) is 5.82 Å². The lowest BCUT2D eigenvalue weighted by atomic mass is 10.1. The monoisotopic (exact) mass is 343 g/mol. The van der Waals surface area contributed by atoms with Crippen molar-refractivity contribution in [3.63, 3.8) is 0 Å². The number of benzene rings is 2. The molecule has 2 amide bonds. The van der Waals surface area contributed by atoms with Gasteiger partial charge in [-0.15, -0.1) is 0 Å². The van der Waals surface area contributed by atoms with Crippen molar-refractivity contribution < 1.29 is 13.9 Å². The largest absolute Gasteiger partial charge is 0.378 e. The minimum Gasteiger partial charge on any atom is -0.378 e. The van der Waals surface area contributed by atoms with Gasteiger partial charge in [-0.3, -0.25) is 0 Å². The number of morpholine rings is 1. The van der Waals surface area contributed by atoms with Crippen molar-refractivity contribution in [1.29, 1.82) is 0 Å². The lowest BCUT2D eigenvalue weighted by molar-refractivity contribution is 0.122. The van der Waals surface area contributed by atoms with E-state index in [4.69, 9.17) is 4.74 Å². The van der Waals surface area contributed by atoms with Crippen LogP contribution in [-0.4, -0.2) is 38.9 Å². The van der Waals surface area contributed by atoms with Crippen LogP contribution in [-0.2, 0) is 11.2 Å². The van der Waals surface area contributed by atoms with E-state index >= 15 is 0 Å². The van der Waals surface area contributed by atoms with Gasteiger partial charge in [0, 0.05) is 19.6 Å². The molecule has 0 aliphatic carbocycles. The fourth-order valence-corrected chi connectivity index (χ4v) is 2.81. The maximum Gasteiger partial charge on any atom is 0.319 e. The molecule has 2 N–H and O–H groups in total. The number of nitrogens with one attached hydrogen (secondary N) is 2. The first-order valence-corrected chi connectivity index (χ1v) is 8.43. The standard InChI is InChI=1S/C19H22FN3O2/c20-16-6-7-17(18(14-16)23-10-12-25-13-11-23)22-19(24)21-9-8-15-4-2-1-3-5-15/h1-7,14H,8-13H2,(H2,21,22,24). The Morgan fingerprint density at radius 1 is 1.12 bits per heavy atom. The van der Waals surface area contributed by atoms with E-state index in [0.29, 0.717) is 44.2 Å². The number of amides is 2. The highest BCUT2D eigenvalue weighted by molar-refractivity contribution is 5.93. The minimum atomic E-state index is -0.323. The number of carbonyl (C=O) groups is 1. The van der Waals surface area contributed by atoms with Gasteiger partial charge >= 0.3 is 6.03 Å². The number of hydrogen-bond donors (Lipinski definition) is 2. The summed E-state index contributed by atoms with van der Waals surface area (Å²) in [5.74, 6) is -0.323. The third-order valence-electron chi connectivity index (χ3n) is 4.10. The van der Waals surface area contributed by atoms with Crippen molar-refractivity contribution in [2.75, 3.05) is 43.1 Å². The van der Waals surface area contributed by atoms with Gasteiger partial charge in [0.15, 0.2) is 0 Å². The molecule has 2 aromatic carbocycles. The van der Waals surface area contributed by atoms with Crippen LogP contribution in [0.2, 0.25) is 0 Å². The molecule has 6 heteroatoms. The molecule has 1 heterocycles. The molecule has 2 aromatic rings. The zero-order valence-corrected chi connectivity index (χ0v) is 14.0. The molecule has 1 saturated heterocycles. The second-order valence-electron chi connectivity index (χ2n) is 5.88. The first-order valence-electron chi connectivity index (χ1n) is 8.43. The van der Waals surface area contributed by atoms with E-state index < -0.39 is 0 Å². The summed E-state index contributed by atoms with van der Waals surface area (Å²) in [6, 6.07) is 14.1. The average molecular weight is 343 g/mol. The quantitative estimate of drug-likeness (QED) is 0.877. The molecule has 0 spiro atoms. The van der Waals surface area contributed by atoms with Crippen LogP contribution in [0.4, 0.5) is 20.6 Å². The second-order valence-corrected chi connectivity index (χ2v) is 5.88. The van der Waals surface area contributed by atoms with E-state index in [1.54, 1.807) is 6.07 Å².